The molecule has 0 aliphatic rings. The molecule has 0 saturated carbocycles. The van der Waals surface area contributed by atoms with Gasteiger partial charge in [-0.05, 0) is 24.6 Å². The molecule has 0 bridgehead atoms. The van der Waals surface area contributed by atoms with Gasteiger partial charge in [0.1, 0.15) is 5.82 Å². The molecule has 5 nitrogen and oxygen atoms in total. The molecule has 1 aromatic rings. The maximum absolute atomic E-state index is 13.5. The fraction of sp³-hybridized carbons (Fsp3) is 0.333. The van der Waals surface area contributed by atoms with Crippen LogP contribution < -0.4 is 5.73 Å². The largest absolute Gasteiger partial charge is 0.481 e. The molecular formula is C12H15FN2O3. The third-order valence-corrected chi connectivity index (χ3v) is 2.45. The second-order valence-corrected chi connectivity index (χ2v) is 3.96. The van der Waals surface area contributed by atoms with Gasteiger partial charge < -0.3 is 15.7 Å². The van der Waals surface area contributed by atoms with E-state index in [0.717, 1.165) is 6.07 Å². The van der Waals surface area contributed by atoms with Crippen molar-refractivity contribution in [2.75, 3.05) is 19.3 Å². The van der Waals surface area contributed by atoms with Crippen LogP contribution in [0.2, 0.25) is 0 Å². The molecule has 0 unspecified atom stereocenters. The maximum atomic E-state index is 13.5. The zero-order chi connectivity index (χ0) is 13.7. The highest BCUT2D eigenvalue weighted by Crippen LogP contribution is 2.13. The van der Waals surface area contributed by atoms with Crippen molar-refractivity contribution >= 4 is 17.6 Å². The number of amides is 1. The number of carbonyl (C=O) groups excluding carboxylic acids is 1. The lowest BCUT2D eigenvalue weighted by Gasteiger charge is -2.17. The average Bonchev–Trinajstić information content (AvgIpc) is 2.27. The van der Waals surface area contributed by atoms with Gasteiger partial charge in [-0.15, -0.1) is 0 Å². The molecule has 0 aliphatic heterocycles. The Bertz CT molecular complexity index is 463. The Morgan fingerprint density at radius 1 is 1.44 bits per heavy atom. The summed E-state index contributed by atoms with van der Waals surface area (Å²) in [6, 6.07) is 3.85. The van der Waals surface area contributed by atoms with Crippen molar-refractivity contribution in [3.63, 3.8) is 0 Å². The monoisotopic (exact) mass is 254 g/mol. The van der Waals surface area contributed by atoms with Gasteiger partial charge >= 0.3 is 5.97 Å². The van der Waals surface area contributed by atoms with Crippen LogP contribution in [0.15, 0.2) is 18.2 Å². The normalized spacial score (nSPS) is 10.1. The summed E-state index contributed by atoms with van der Waals surface area (Å²) in [5.41, 5.74) is 5.57. The molecule has 0 fully saturated rings. The number of carboxylic acids is 1. The van der Waals surface area contributed by atoms with Crippen LogP contribution in [0.1, 0.15) is 23.2 Å². The summed E-state index contributed by atoms with van der Waals surface area (Å²) in [5.74, 6) is -2.09. The maximum Gasteiger partial charge on any atom is 0.303 e. The first-order valence-corrected chi connectivity index (χ1v) is 5.44. The minimum absolute atomic E-state index is 0.0260. The Hall–Kier alpha value is -2.11. The Balaban J connectivity index is 2.65. The lowest BCUT2D eigenvalue weighted by Crippen LogP contribution is -2.28. The van der Waals surface area contributed by atoms with E-state index in [9.17, 15) is 14.0 Å². The van der Waals surface area contributed by atoms with Gasteiger partial charge in [-0.2, -0.15) is 0 Å². The van der Waals surface area contributed by atoms with Crippen LogP contribution in [0.5, 0.6) is 0 Å². The van der Waals surface area contributed by atoms with Crippen molar-refractivity contribution in [1.29, 1.82) is 0 Å². The first-order chi connectivity index (χ1) is 8.41. The number of halogens is 1. The number of hydrogen-bond donors (Lipinski definition) is 2. The zero-order valence-electron chi connectivity index (χ0n) is 10.0. The molecule has 0 saturated heterocycles. The van der Waals surface area contributed by atoms with E-state index in [0.29, 0.717) is 6.42 Å². The summed E-state index contributed by atoms with van der Waals surface area (Å²) in [5, 5.41) is 8.48. The van der Waals surface area contributed by atoms with Crippen LogP contribution in [0.4, 0.5) is 10.1 Å². The lowest BCUT2D eigenvalue weighted by molar-refractivity contribution is -0.137. The van der Waals surface area contributed by atoms with E-state index in [2.05, 4.69) is 0 Å². The molecule has 1 amide bonds. The Morgan fingerprint density at radius 2 is 2.11 bits per heavy atom. The van der Waals surface area contributed by atoms with Crippen LogP contribution in [0, 0.1) is 5.82 Å². The third kappa shape index (κ3) is 3.73. The molecule has 0 radical (unpaired) electrons. The predicted molar refractivity (Wildman–Crippen MR) is 64.6 cm³/mol. The number of nitrogen functional groups attached to an aromatic ring is 1. The minimum atomic E-state index is -0.922. The van der Waals surface area contributed by atoms with Crippen molar-refractivity contribution in [2.45, 2.75) is 12.8 Å². The van der Waals surface area contributed by atoms with E-state index in [1.165, 1.54) is 24.1 Å². The van der Waals surface area contributed by atoms with Gasteiger partial charge in [-0.1, -0.05) is 0 Å². The van der Waals surface area contributed by atoms with Gasteiger partial charge in [0.05, 0.1) is 5.56 Å². The van der Waals surface area contributed by atoms with Crippen molar-refractivity contribution in [3.05, 3.63) is 29.6 Å². The molecule has 0 spiro atoms. The van der Waals surface area contributed by atoms with E-state index in [4.69, 9.17) is 10.8 Å². The second kappa shape index (κ2) is 6.00. The average molecular weight is 254 g/mol. The SMILES string of the molecule is CN(CCCC(=O)O)C(=O)c1ccc(N)cc1F. The highest BCUT2D eigenvalue weighted by molar-refractivity contribution is 5.94. The molecule has 1 rings (SSSR count). The highest BCUT2D eigenvalue weighted by atomic mass is 19.1. The summed E-state index contributed by atoms with van der Waals surface area (Å²) in [4.78, 5) is 23.5. The van der Waals surface area contributed by atoms with Gasteiger partial charge in [-0.25, -0.2) is 4.39 Å². The number of nitrogens with two attached hydrogens (primary N) is 1. The molecule has 0 heterocycles. The van der Waals surface area contributed by atoms with Crippen molar-refractivity contribution in [3.8, 4) is 0 Å². The van der Waals surface area contributed by atoms with Crippen LogP contribution in [0.3, 0.4) is 0 Å². The van der Waals surface area contributed by atoms with Crippen molar-refractivity contribution in [1.82, 2.24) is 4.90 Å². The topological polar surface area (TPSA) is 83.6 Å². The Morgan fingerprint density at radius 3 is 2.67 bits per heavy atom. The number of rotatable bonds is 5. The van der Waals surface area contributed by atoms with E-state index in [1.54, 1.807) is 0 Å². The first-order valence-electron chi connectivity index (χ1n) is 5.44. The van der Waals surface area contributed by atoms with Crippen LogP contribution >= 0.6 is 0 Å². The van der Waals surface area contributed by atoms with E-state index in [-0.39, 0.29) is 24.2 Å². The number of carbonyl (C=O) groups is 2. The van der Waals surface area contributed by atoms with Crippen LogP contribution in [-0.2, 0) is 4.79 Å². The van der Waals surface area contributed by atoms with E-state index >= 15 is 0 Å². The molecule has 0 aromatic heterocycles. The molecule has 18 heavy (non-hydrogen) atoms. The van der Waals surface area contributed by atoms with Crippen LogP contribution in [0.25, 0.3) is 0 Å². The molecule has 3 N–H and O–H groups in total. The standard InChI is InChI=1S/C12H15FN2O3/c1-15(6-2-3-11(16)17)12(18)9-5-4-8(14)7-10(9)13/h4-5,7H,2-3,6,14H2,1H3,(H,16,17). The Kier molecular flexibility index (Phi) is 4.65. The van der Waals surface area contributed by atoms with Gasteiger partial charge in [0.15, 0.2) is 0 Å². The Labute approximate surface area is 104 Å². The molecule has 0 aliphatic carbocycles. The van der Waals surface area contributed by atoms with Gasteiger partial charge in [0.2, 0.25) is 0 Å². The van der Waals surface area contributed by atoms with E-state index < -0.39 is 17.7 Å². The highest BCUT2D eigenvalue weighted by Gasteiger charge is 2.16. The molecule has 6 heteroatoms. The summed E-state index contributed by atoms with van der Waals surface area (Å²) in [6.07, 6.45) is 0.302. The number of hydrogen-bond acceptors (Lipinski definition) is 3. The smallest absolute Gasteiger partial charge is 0.303 e. The third-order valence-electron chi connectivity index (χ3n) is 2.45. The van der Waals surface area contributed by atoms with Gasteiger partial charge in [0.25, 0.3) is 5.91 Å². The molecular weight excluding hydrogens is 239 g/mol. The minimum Gasteiger partial charge on any atom is -0.481 e. The predicted octanol–water partition coefficient (Wildman–Crippen LogP) is 1.34. The number of nitrogens with zero attached hydrogens (tertiary/aromatic N) is 1. The number of anilines is 1. The molecule has 98 valence electrons. The lowest BCUT2D eigenvalue weighted by atomic mass is 10.1. The molecule has 1 aromatic carbocycles. The van der Waals surface area contributed by atoms with E-state index in [1.807, 2.05) is 0 Å². The van der Waals surface area contributed by atoms with Gasteiger partial charge in [0, 0.05) is 25.7 Å². The van der Waals surface area contributed by atoms with Crippen LogP contribution in [-0.4, -0.2) is 35.5 Å². The quantitative estimate of drug-likeness (QED) is 0.777. The number of aliphatic carboxylic acids is 1. The number of carboxylic acid groups (broad SMARTS) is 1. The number of benzene rings is 1. The summed E-state index contributed by atoms with van der Waals surface area (Å²) in [6.45, 7) is 0.259. The molecule has 0 atom stereocenters. The fourth-order valence-corrected chi connectivity index (χ4v) is 1.48. The zero-order valence-corrected chi connectivity index (χ0v) is 10.0. The van der Waals surface area contributed by atoms with Gasteiger partial charge in [-0.3, -0.25) is 9.59 Å². The van der Waals surface area contributed by atoms with Crippen molar-refractivity contribution < 1.29 is 19.1 Å². The fourth-order valence-electron chi connectivity index (χ4n) is 1.48. The summed E-state index contributed by atoms with van der Waals surface area (Å²) >= 11 is 0. The summed E-state index contributed by atoms with van der Waals surface area (Å²) < 4.78 is 13.5. The summed E-state index contributed by atoms with van der Waals surface area (Å²) in [7, 11) is 1.50. The van der Waals surface area contributed by atoms with Crippen molar-refractivity contribution in [2.24, 2.45) is 0 Å². The second-order valence-electron chi connectivity index (χ2n) is 3.96. The first kappa shape index (κ1) is 14.0.